The Balaban J connectivity index is 1.85. The summed E-state index contributed by atoms with van der Waals surface area (Å²) in [5, 5.41) is 19.5. The molecule has 12 heteroatoms. The predicted molar refractivity (Wildman–Crippen MR) is 114 cm³/mol. The van der Waals surface area contributed by atoms with E-state index < -0.39 is 5.91 Å². The number of hydrogen-bond donors (Lipinski definition) is 2. The Kier molecular flexibility index (Phi) is 7.14. The first-order valence-electron chi connectivity index (χ1n) is 9.30. The number of nitrogen functional groups attached to an aromatic ring is 1. The molecule has 11 nitrogen and oxygen atoms in total. The molecule has 0 saturated heterocycles. The molecule has 0 aliphatic rings. The number of nitrogens with zero attached hydrogens (tertiary/aromatic N) is 7. The fourth-order valence-corrected chi connectivity index (χ4v) is 3.11. The van der Waals surface area contributed by atoms with Crippen molar-refractivity contribution in [2.75, 3.05) is 25.1 Å². The number of aromatic nitrogens is 5. The Bertz CT molecular complexity index is 1010. The Morgan fingerprint density at radius 3 is 2.63 bits per heavy atom. The van der Waals surface area contributed by atoms with E-state index in [1.165, 1.54) is 4.68 Å². The van der Waals surface area contributed by atoms with Crippen molar-refractivity contribution in [1.82, 2.24) is 35.6 Å². The number of rotatable bonds is 9. The zero-order chi connectivity index (χ0) is 21.5. The molecule has 0 atom stereocenters. The van der Waals surface area contributed by atoms with Crippen LogP contribution in [0.2, 0.25) is 0 Å². The first-order chi connectivity index (χ1) is 14.6. The van der Waals surface area contributed by atoms with E-state index in [1.807, 2.05) is 44.4 Å². The van der Waals surface area contributed by atoms with Gasteiger partial charge in [-0.3, -0.25) is 9.69 Å². The number of thioether (sulfide) groups is 1. The highest BCUT2D eigenvalue weighted by atomic mass is 32.2. The van der Waals surface area contributed by atoms with Gasteiger partial charge in [-0.15, -0.1) is 16.9 Å². The third-order valence-corrected chi connectivity index (χ3v) is 5.16. The Morgan fingerprint density at radius 2 is 2.03 bits per heavy atom. The number of carbonyl (C=O) groups excluding carboxylic acids is 1. The average Bonchev–Trinajstić information content (AvgIpc) is 3.37. The van der Waals surface area contributed by atoms with E-state index in [2.05, 4.69) is 40.7 Å². The fraction of sp³-hybridized carbons (Fsp3) is 0.333. The smallest absolute Gasteiger partial charge is 0.292 e. The summed E-state index contributed by atoms with van der Waals surface area (Å²) in [6.45, 7) is 6.07. The van der Waals surface area contributed by atoms with Crippen LogP contribution in [0.4, 0.5) is 5.82 Å². The van der Waals surface area contributed by atoms with Gasteiger partial charge in [0.15, 0.2) is 5.69 Å². The van der Waals surface area contributed by atoms with Gasteiger partial charge in [-0.25, -0.2) is 10.1 Å². The highest BCUT2D eigenvalue weighted by Crippen LogP contribution is 2.17. The van der Waals surface area contributed by atoms with Crippen molar-refractivity contribution in [3.63, 3.8) is 0 Å². The van der Waals surface area contributed by atoms with E-state index in [1.54, 1.807) is 18.0 Å². The van der Waals surface area contributed by atoms with Gasteiger partial charge in [0.05, 0.1) is 6.21 Å². The number of carbonyl (C=O) groups is 1. The average molecular weight is 430 g/mol. The lowest BCUT2D eigenvalue weighted by Gasteiger charge is -2.16. The van der Waals surface area contributed by atoms with E-state index in [9.17, 15) is 4.79 Å². The van der Waals surface area contributed by atoms with Crippen LogP contribution in [-0.4, -0.2) is 61.7 Å². The minimum atomic E-state index is -0.499. The van der Waals surface area contributed by atoms with Crippen LogP contribution in [0.5, 0.6) is 0 Å². The van der Waals surface area contributed by atoms with Crippen LogP contribution in [0.25, 0.3) is 5.82 Å². The standard InChI is InChI=1S/C18H23N9O2S/c1-4-26(5-2)11-14-15(27(25-21-14)17-16(19)23-29-24-17)18(28)22-20-10-12-6-8-13(30-3)9-7-12/h6-10H,4-5,11H2,1-3H3,(H2,19,23)(H,22,28)/b20-10+. The van der Waals surface area contributed by atoms with E-state index >= 15 is 0 Å². The lowest BCUT2D eigenvalue weighted by molar-refractivity contribution is 0.0945. The number of anilines is 1. The molecule has 3 N–H and O–H groups in total. The molecule has 1 aromatic carbocycles. The summed E-state index contributed by atoms with van der Waals surface area (Å²) in [5.41, 5.74) is 9.79. The Hall–Kier alpha value is -3.25. The van der Waals surface area contributed by atoms with Gasteiger partial charge in [0.1, 0.15) is 5.69 Å². The SMILES string of the molecule is CCN(CC)Cc1nnn(-c2nonc2N)c1C(=O)N/N=C/c1ccc(SC)cc1. The van der Waals surface area contributed by atoms with Crippen molar-refractivity contribution < 1.29 is 9.42 Å². The van der Waals surface area contributed by atoms with E-state index in [4.69, 9.17) is 5.73 Å². The maximum atomic E-state index is 12.9. The molecular formula is C18H23N9O2S. The maximum absolute atomic E-state index is 12.9. The van der Waals surface area contributed by atoms with Crippen molar-refractivity contribution in [2.45, 2.75) is 25.3 Å². The summed E-state index contributed by atoms with van der Waals surface area (Å²) in [6, 6.07) is 7.80. The van der Waals surface area contributed by atoms with E-state index in [0.29, 0.717) is 12.2 Å². The molecular weight excluding hydrogens is 406 g/mol. The van der Waals surface area contributed by atoms with E-state index in [0.717, 1.165) is 23.5 Å². The highest BCUT2D eigenvalue weighted by molar-refractivity contribution is 7.98. The second-order valence-corrected chi connectivity index (χ2v) is 7.08. The number of hydrogen-bond acceptors (Lipinski definition) is 10. The molecule has 0 saturated carbocycles. The molecule has 0 radical (unpaired) electrons. The number of nitrogens with two attached hydrogens (primary N) is 1. The first-order valence-corrected chi connectivity index (χ1v) is 10.5. The number of nitrogens with one attached hydrogen (secondary N) is 1. The highest BCUT2D eigenvalue weighted by Gasteiger charge is 2.25. The van der Waals surface area contributed by atoms with Crippen LogP contribution >= 0.6 is 11.8 Å². The van der Waals surface area contributed by atoms with Crippen molar-refractivity contribution in [3.05, 3.63) is 41.2 Å². The molecule has 3 aromatic rings. The molecule has 0 aliphatic carbocycles. The Morgan fingerprint density at radius 1 is 1.30 bits per heavy atom. The molecule has 3 rings (SSSR count). The largest absolute Gasteiger partial charge is 0.378 e. The second kappa shape index (κ2) is 9.98. The van der Waals surface area contributed by atoms with Gasteiger partial charge in [0.25, 0.3) is 5.91 Å². The molecule has 0 unspecified atom stereocenters. The van der Waals surface area contributed by atoms with Crippen LogP contribution < -0.4 is 11.2 Å². The molecule has 30 heavy (non-hydrogen) atoms. The lowest BCUT2D eigenvalue weighted by atomic mass is 10.2. The summed E-state index contributed by atoms with van der Waals surface area (Å²) in [5.74, 6) is -0.405. The zero-order valence-corrected chi connectivity index (χ0v) is 17.8. The van der Waals surface area contributed by atoms with Gasteiger partial charge in [-0.2, -0.15) is 9.78 Å². The molecule has 2 heterocycles. The number of benzene rings is 1. The Labute approximate surface area is 177 Å². The van der Waals surface area contributed by atoms with Crippen LogP contribution in [0.3, 0.4) is 0 Å². The number of hydrazone groups is 1. The van der Waals surface area contributed by atoms with Crippen LogP contribution in [0, 0.1) is 0 Å². The quantitative estimate of drug-likeness (QED) is 0.294. The third-order valence-electron chi connectivity index (χ3n) is 4.41. The monoisotopic (exact) mass is 429 g/mol. The summed E-state index contributed by atoms with van der Waals surface area (Å²) in [7, 11) is 0. The van der Waals surface area contributed by atoms with Gasteiger partial charge in [0, 0.05) is 11.4 Å². The van der Waals surface area contributed by atoms with Gasteiger partial charge in [-0.05, 0) is 47.4 Å². The summed E-state index contributed by atoms with van der Waals surface area (Å²) in [4.78, 5) is 16.2. The fourth-order valence-electron chi connectivity index (χ4n) is 2.70. The van der Waals surface area contributed by atoms with Gasteiger partial charge in [-0.1, -0.05) is 31.2 Å². The molecule has 0 spiro atoms. The molecule has 0 bridgehead atoms. The van der Waals surface area contributed by atoms with Crippen LogP contribution in [-0.2, 0) is 6.54 Å². The topological polar surface area (TPSA) is 140 Å². The van der Waals surface area contributed by atoms with Crippen LogP contribution in [0.1, 0.15) is 35.6 Å². The van der Waals surface area contributed by atoms with Crippen LogP contribution in [0.15, 0.2) is 38.9 Å². The molecule has 0 aliphatic heterocycles. The maximum Gasteiger partial charge on any atom is 0.292 e. The summed E-state index contributed by atoms with van der Waals surface area (Å²) >= 11 is 1.65. The van der Waals surface area contributed by atoms with E-state index in [-0.39, 0.29) is 17.3 Å². The summed E-state index contributed by atoms with van der Waals surface area (Å²) < 4.78 is 5.85. The third kappa shape index (κ3) is 4.83. The van der Waals surface area contributed by atoms with Gasteiger partial charge >= 0.3 is 0 Å². The van der Waals surface area contributed by atoms with Crippen molar-refractivity contribution in [2.24, 2.45) is 5.10 Å². The van der Waals surface area contributed by atoms with Gasteiger partial charge < -0.3 is 5.73 Å². The van der Waals surface area contributed by atoms with Crippen molar-refractivity contribution in [3.8, 4) is 5.82 Å². The van der Waals surface area contributed by atoms with Gasteiger partial charge in [0.2, 0.25) is 11.6 Å². The normalized spacial score (nSPS) is 11.5. The minimum Gasteiger partial charge on any atom is -0.378 e. The second-order valence-electron chi connectivity index (χ2n) is 6.20. The molecule has 158 valence electrons. The molecule has 0 fully saturated rings. The molecule has 1 amide bonds. The first kappa shape index (κ1) is 21.5. The van der Waals surface area contributed by atoms with Crippen molar-refractivity contribution in [1.29, 1.82) is 0 Å². The number of amides is 1. The lowest BCUT2D eigenvalue weighted by Crippen LogP contribution is -2.27. The predicted octanol–water partition coefficient (Wildman–Crippen LogP) is 1.56. The molecule has 2 aromatic heterocycles. The minimum absolute atomic E-state index is 0.000671. The van der Waals surface area contributed by atoms with Crippen molar-refractivity contribution >= 4 is 29.7 Å². The summed E-state index contributed by atoms with van der Waals surface area (Å²) in [6.07, 6.45) is 3.57. The zero-order valence-electron chi connectivity index (χ0n) is 16.9.